The maximum absolute atomic E-state index is 13.1. The van der Waals surface area contributed by atoms with Crippen LogP contribution in [0, 0.1) is 5.82 Å². The zero-order chi connectivity index (χ0) is 17.9. The minimum absolute atomic E-state index is 0.198. The molecule has 0 aliphatic carbocycles. The molecule has 1 saturated heterocycles. The van der Waals surface area contributed by atoms with E-state index in [-0.39, 0.29) is 5.82 Å². The molecule has 3 aromatic rings. The summed E-state index contributed by atoms with van der Waals surface area (Å²) in [6.07, 6.45) is 3.56. The summed E-state index contributed by atoms with van der Waals surface area (Å²) in [7, 11) is 1.65. The second-order valence-electron chi connectivity index (χ2n) is 6.46. The van der Waals surface area contributed by atoms with Crippen molar-refractivity contribution in [2.24, 2.45) is 0 Å². The lowest BCUT2D eigenvalue weighted by Crippen LogP contribution is -2.39. The molecule has 1 aliphatic rings. The summed E-state index contributed by atoms with van der Waals surface area (Å²) in [5.74, 6) is 1.39. The summed E-state index contributed by atoms with van der Waals surface area (Å²) >= 11 is 0. The van der Waals surface area contributed by atoms with E-state index in [9.17, 15) is 4.39 Å². The Hall–Kier alpha value is -2.89. The van der Waals surface area contributed by atoms with E-state index in [1.165, 1.54) is 12.1 Å². The predicted octanol–water partition coefficient (Wildman–Crippen LogP) is 3.86. The minimum Gasteiger partial charge on any atom is -0.494 e. The van der Waals surface area contributed by atoms with Gasteiger partial charge in [0, 0.05) is 30.2 Å². The van der Waals surface area contributed by atoms with Crippen molar-refractivity contribution in [1.82, 2.24) is 9.97 Å². The molecule has 1 fully saturated rings. The van der Waals surface area contributed by atoms with Crippen molar-refractivity contribution in [3.05, 3.63) is 54.6 Å². The van der Waals surface area contributed by atoms with Crippen LogP contribution in [0.1, 0.15) is 12.8 Å². The summed E-state index contributed by atoms with van der Waals surface area (Å²) in [4.78, 5) is 11.1. The van der Waals surface area contributed by atoms with Crippen LogP contribution in [0.4, 0.5) is 15.9 Å². The average Bonchev–Trinajstić information content (AvgIpc) is 2.69. The van der Waals surface area contributed by atoms with Crippen LogP contribution in [0.5, 0.6) is 5.75 Å². The molecule has 6 heteroatoms. The first-order valence-corrected chi connectivity index (χ1v) is 8.79. The number of benzene rings is 2. The van der Waals surface area contributed by atoms with Gasteiger partial charge in [-0.25, -0.2) is 14.4 Å². The van der Waals surface area contributed by atoms with Crippen LogP contribution in [-0.2, 0) is 0 Å². The molecule has 0 saturated carbocycles. The van der Waals surface area contributed by atoms with Crippen LogP contribution >= 0.6 is 0 Å². The molecule has 0 atom stereocenters. The highest BCUT2D eigenvalue weighted by Gasteiger charge is 2.20. The number of hydrogen-bond donors (Lipinski definition) is 1. The number of halogens is 1. The Morgan fingerprint density at radius 3 is 2.58 bits per heavy atom. The van der Waals surface area contributed by atoms with Gasteiger partial charge in [0.05, 0.1) is 7.11 Å². The lowest BCUT2D eigenvalue weighted by Gasteiger charge is -2.34. The molecular formula is C20H21FN4O. The number of hydrogen-bond acceptors (Lipinski definition) is 5. The van der Waals surface area contributed by atoms with Crippen molar-refractivity contribution in [2.75, 3.05) is 30.4 Å². The van der Waals surface area contributed by atoms with Crippen molar-refractivity contribution in [3.63, 3.8) is 0 Å². The average molecular weight is 352 g/mol. The second kappa shape index (κ2) is 7.15. The monoisotopic (exact) mass is 352 g/mol. The number of fused-ring (bicyclic) bond motifs is 1. The lowest BCUT2D eigenvalue weighted by molar-refractivity contribution is 0.419. The molecule has 134 valence electrons. The molecule has 4 rings (SSSR count). The molecule has 0 bridgehead atoms. The van der Waals surface area contributed by atoms with Gasteiger partial charge >= 0.3 is 0 Å². The number of ether oxygens (including phenoxy) is 1. The Labute approximate surface area is 151 Å². The molecular weight excluding hydrogens is 331 g/mol. The number of para-hydroxylation sites is 1. The Bertz CT molecular complexity index is 892. The van der Waals surface area contributed by atoms with E-state index < -0.39 is 0 Å². The van der Waals surface area contributed by atoms with E-state index in [0.29, 0.717) is 6.04 Å². The Kier molecular flexibility index (Phi) is 4.56. The molecule has 1 N–H and O–H groups in total. The summed E-state index contributed by atoms with van der Waals surface area (Å²) in [5.41, 5.74) is 1.89. The number of nitrogens with zero attached hydrogens (tertiary/aromatic N) is 3. The number of piperidine rings is 1. The molecule has 2 heterocycles. The summed E-state index contributed by atoms with van der Waals surface area (Å²) < 4.78 is 18.5. The third kappa shape index (κ3) is 3.27. The van der Waals surface area contributed by atoms with E-state index in [4.69, 9.17) is 4.74 Å². The lowest BCUT2D eigenvalue weighted by atomic mass is 10.0. The molecule has 1 aromatic heterocycles. The zero-order valence-electron chi connectivity index (χ0n) is 14.7. The van der Waals surface area contributed by atoms with Crippen LogP contribution in [0.25, 0.3) is 10.9 Å². The van der Waals surface area contributed by atoms with Gasteiger partial charge < -0.3 is 15.0 Å². The van der Waals surface area contributed by atoms with Crippen LogP contribution < -0.4 is 15.0 Å². The van der Waals surface area contributed by atoms with Crippen LogP contribution in [0.3, 0.4) is 0 Å². The van der Waals surface area contributed by atoms with E-state index >= 15 is 0 Å². The highest BCUT2D eigenvalue weighted by molar-refractivity contribution is 5.92. The first-order chi connectivity index (χ1) is 12.7. The van der Waals surface area contributed by atoms with E-state index in [1.54, 1.807) is 13.4 Å². The third-order valence-corrected chi connectivity index (χ3v) is 4.88. The predicted molar refractivity (Wildman–Crippen MR) is 101 cm³/mol. The highest BCUT2D eigenvalue weighted by Crippen LogP contribution is 2.29. The number of methoxy groups -OCH3 is 1. The van der Waals surface area contributed by atoms with Crippen LogP contribution in [0.15, 0.2) is 48.8 Å². The van der Waals surface area contributed by atoms with Gasteiger partial charge in [0.2, 0.25) is 0 Å². The summed E-state index contributed by atoms with van der Waals surface area (Å²) in [5, 5.41) is 4.53. The van der Waals surface area contributed by atoms with Crippen molar-refractivity contribution in [2.45, 2.75) is 18.9 Å². The van der Waals surface area contributed by atoms with Crippen LogP contribution in [-0.4, -0.2) is 36.2 Å². The molecule has 0 amide bonds. The van der Waals surface area contributed by atoms with Gasteiger partial charge in [-0.2, -0.15) is 0 Å². The number of rotatable bonds is 4. The number of anilines is 2. The van der Waals surface area contributed by atoms with Crippen molar-refractivity contribution >= 4 is 22.4 Å². The summed E-state index contributed by atoms with van der Waals surface area (Å²) in [6, 6.07) is 12.9. The van der Waals surface area contributed by atoms with Gasteiger partial charge in [-0.1, -0.05) is 6.07 Å². The third-order valence-electron chi connectivity index (χ3n) is 4.88. The number of nitrogens with one attached hydrogen (secondary N) is 1. The van der Waals surface area contributed by atoms with E-state index in [2.05, 4.69) is 20.2 Å². The topological polar surface area (TPSA) is 50.3 Å². The quantitative estimate of drug-likeness (QED) is 0.773. The molecule has 5 nitrogen and oxygen atoms in total. The van der Waals surface area contributed by atoms with Crippen molar-refractivity contribution in [1.29, 1.82) is 0 Å². The zero-order valence-corrected chi connectivity index (χ0v) is 14.7. The smallest absolute Gasteiger partial charge is 0.145 e. The Morgan fingerprint density at radius 1 is 1.08 bits per heavy atom. The van der Waals surface area contributed by atoms with Gasteiger partial charge in [0.1, 0.15) is 29.2 Å². The molecule has 26 heavy (non-hydrogen) atoms. The maximum atomic E-state index is 13.1. The Balaban J connectivity index is 1.46. The van der Waals surface area contributed by atoms with Gasteiger partial charge in [-0.15, -0.1) is 0 Å². The first-order valence-electron chi connectivity index (χ1n) is 8.79. The van der Waals surface area contributed by atoms with Crippen LogP contribution in [0.2, 0.25) is 0 Å². The van der Waals surface area contributed by atoms with E-state index in [0.717, 1.165) is 54.1 Å². The van der Waals surface area contributed by atoms with Gasteiger partial charge in [-0.3, -0.25) is 0 Å². The molecule has 0 unspecified atom stereocenters. The summed E-state index contributed by atoms with van der Waals surface area (Å²) in [6.45, 7) is 1.85. The second-order valence-corrected chi connectivity index (χ2v) is 6.46. The van der Waals surface area contributed by atoms with Crippen molar-refractivity contribution < 1.29 is 9.13 Å². The first kappa shape index (κ1) is 16.6. The van der Waals surface area contributed by atoms with Gasteiger partial charge in [0.15, 0.2) is 0 Å². The normalized spacial score (nSPS) is 15.2. The SMILES string of the molecule is COc1cccc2c(NC3CCN(c4ccc(F)cc4)CC3)ncnc12. The largest absolute Gasteiger partial charge is 0.494 e. The fourth-order valence-electron chi connectivity index (χ4n) is 3.47. The highest BCUT2D eigenvalue weighted by atomic mass is 19.1. The maximum Gasteiger partial charge on any atom is 0.145 e. The molecule has 1 aliphatic heterocycles. The van der Waals surface area contributed by atoms with E-state index in [1.807, 2.05) is 30.3 Å². The fourth-order valence-corrected chi connectivity index (χ4v) is 3.47. The molecule has 0 radical (unpaired) electrons. The minimum atomic E-state index is -0.198. The van der Waals surface area contributed by atoms with Crippen molar-refractivity contribution in [3.8, 4) is 5.75 Å². The molecule has 0 spiro atoms. The molecule has 2 aromatic carbocycles. The van der Waals surface area contributed by atoms with Gasteiger partial charge in [-0.05, 0) is 49.2 Å². The Morgan fingerprint density at radius 2 is 1.85 bits per heavy atom. The number of aromatic nitrogens is 2. The standard InChI is InChI=1S/C20H21FN4O/c1-26-18-4-2-3-17-19(18)22-13-23-20(17)24-15-9-11-25(12-10-15)16-7-5-14(21)6-8-16/h2-8,13,15H,9-12H2,1H3,(H,22,23,24). The van der Waals surface area contributed by atoms with Gasteiger partial charge in [0.25, 0.3) is 0 Å². The fraction of sp³-hybridized carbons (Fsp3) is 0.300.